The third-order valence-corrected chi connectivity index (χ3v) is 4.22. The van der Waals surface area contributed by atoms with Gasteiger partial charge in [0.25, 0.3) is 0 Å². The molecule has 1 aromatic rings. The third-order valence-electron chi connectivity index (χ3n) is 3.60. The molecule has 108 valence electrons. The first-order valence-corrected chi connectivity index (χ1v) is 8.11. The van der Waals surface area contributed by atoms with Crippen molar-refractivity contribution in [1.29, 1.82) is 0 Å². The number of nitrogens with two attached hydrogens (primary N) is 1. The van der Waals surface area contributed by atoms with Crippen molar-refractivity contribution in [1.82, 2.24) is 0 Å². The molecule has 19 heavy (non-hydrogen) atoms. The molecule has 0 spiro atoms. The molecule has 0 radical (unpaired) electrons. The summed E-state index contributed by atoms with van der Waals surface area (Å²) in [4.78, 5) is 0. The van der Waals surface area contributed by atoms with Crippen LogP contribution in [-0.4, -0.2) is 6.61 Å². The molecule has 0 aromatic heterocycles. The Labute approximate surface area is 125 Å². The lowest BCUT2D eigenvalue weighted by Gasteiger charge is -2.23. The van der Waals surface area contributed by atoms with Crippen LogP contribution in [0.1, 0.15) is 58.1 Å². The minimum absolute atomic E-state index is 0.114. The normalized spacial score (nSPS) is 14.2. The van der Waals surface area contributed by atoms with Crippen molar-refractivity contribution in [2.24, 2.45) is 11.7 Å². The van der Waals surface area contributed by atoms with Crippen molar-refractivity contribution < 1.29 is 4.74 Å². The predicted octanol–water partition coefficient (Wildman–Crippen LogP) is 5.06. The van der Waals surface area contributed by atoms with E-state index in [0.29, 0.717) is 12.5 Å². The van der Waals surface area contributed by atoms with Gasteiger partial charge in [0.05, 0.1) is 11.1 Å². The first-order chi connectivity index (χ1) is 9.13. The summed E-state index contributed by atoms with van der Waals surface area (Å²) in [5.74, 6) is 1.45. The van der Waals surface area contributed by atoms with E-state index < -0.39 is 0 Å². The van der Waals surface area contributed by atoms with Gasteiger partial charge >= 0.3 is 0 Å². The average molecular weight is 328 g/mol. The molecule has 0 bridgehead atoms. The first-order valence-electron chi connectivity index (χ1n) is 7.31. The molecule has 1 rings (SSSR count). The zero-order valence-electron chi connectivity index (χ0n) is 12.3. The average Bonchev–Trinajstić information content (AvgIpc) is 2.42. The van der Waals surface area contributed by atoms with Gasteiger partial charge in [0, 0.05) is 6.04 Å². The van der Waals surface area contributed by atoms with E-state index >= 15 is 0 Å². The molecule has 1 aromatic carbocycles. The Morgan fingerprint density at radius 2 is 2.00 bits per heavy atom. The van der Waals surface area contributed by atoms with Crippen molar-refractivity contribution in [3.05, 3.63) is 28.2 Å². The first kappa shape index (κ1) is 16.5. The molecular weight excluding hydrogens is 302 g/mol. The van der Waals surface area contributed by atoms with E-state index in [0.717, 1.165) is 16.6 Å². The molecule has 2 atom stereocenters. The molecular formula is C16H26BrNO. The Kier molecular flexibility index (Phi) is 7.47. The number of rotatable bonds is 8. The number of unbranched alkanes of at least 4 members (excludes halogenated alkanes) is 1. The fraction of sp³-hybridized carbons (Fsp3) is 0.625. The summed E-state index contributed by atoms with van der Waals surface area (Å²) in [7, 11) is 0. The smallest absolute Gasteiger partial charge is 0.133 e. The second-order valence-electron chi connectivity index (χ2n) is 4.96. The van der Waals surface area contributed by atoms with E-state index in [-0.39, 0.29) is 6.04 Å². The van der Waals surface area contributed by atoms with E-state index in [4.69, 9.17) is 10.5 Å². The molecule has 0 amide bonds. The van der Waals surface area contributed by atoms with Crippen molar-refractivity contribution in [2.75, 3.05) is 6.61 Å². The SMILES string of the molecule is CCCCC(CC)C(N)c1ccc(OCC)c(Br)c1. The van der Waals surface area contributed by atoms with Crippen molar-refractivity contribution in [3.63, 3.8) is 0 Å². The van der Waals surface area contributed by atoms with Crippen LogP contribution in [0.4, 0.5) is 0 Å². The van der Waals surface area contributed by atoms with Crippen LogP contribution < -0.4 is 10.5 Å². The minimum atomic E-state index is 0.114. The van der Waals surface area contributed by atoms with Gasteiger partial charge in [0.1, 0.15) is 5.75 Å². The fourth-order valence-corrected chi connectivity index (χ4v) is 2.88. The lowest BCUT2D eigenvalue weighted by atomic mass is 9.87. The van der Waals surface area contributed by atoms with Gasteiger partial charge in [-0.1, -0.05) is 39.2 Å². The standard InChI is InChI=1S/C16H26BrNO/c1-4-7-8-12(5-2)16(18)13-9-10-15(19-6-3)14(17)11-13/h9-12,16H,4-8,18H2,1-3H3. The van der Waals surface area contributed by atoms with Crippen LogP contribution in [0.15, 0.2) is 22.7 Å². The molecule has 0 aliphatic rings. The Balaban J connectivity index is 2.80. The van der Waals surface area contributed by atoms with Gasteiger partial charge in [-0.15, -0.1) is 0 Å². The zero-order chi connectivity index (χ0) is 14.3. The number of hydrogen-bond acceptors (Lipinski definition) is 2. The molecule has 2 unspecified atom stereocenters. The molecule has 0 saturated carbocycles. The van der Waals surface area contributed by atoms with Crippen LogP contribution in [0.5, 0.6) is 5.75 Å². The van der Waals surface area contributed by atoms with Gasteiger partial charge < -0.3 is 10.5 Å². The van der Waals surface area contributed by atoms with Crippen molar-refractivity contribution in [3.8, 4) is 5.75 Å². The van der Waals surface area contributed by atoms with Crippen LogP contribution >= 0.6 is 15.9 Å². The molecule has 0 aliphatic heterocycles. The molecule has 3 heteroatoms. The number of benzene rings is 1. The van der Waals surface area contributed by atoms with Crippen LogP contribution in [0.3, 0.4) is 0 Å². The van der Waals surface area contributed by atoms with E-state index in [1.165, 1.54) is 24.8 Å². The molecule has 2 nitrogen and oxygen atoms in total. The summed E-state index contributed by atoms with van der Waals surface area (Å²) in [6, 6.07) is 6.32. The topological polar surface area (TPSA) is 35.2 Å². The largest absolute Gasteiger partial charge is 0.493 e. The zero-order valence-corrected chi connectivity index (χ0v) is 13.9. The maximum Gasteiger partial charge on any atom is 0.133 e. The van der Waals surface area contributed by atoms with Crippen molar-refractivity contribution >= 4 is 15.9 Å². The fourth-order valence-electron chi connectivity index (χ4n) is 2.37. The summed E-state index contributed by atoms with van der Waals surface area (Å²) in [6.07, 6.45) is 4.82. The Morgan fingerprint density at radius 3 is 2.53 bits per heavy atom. The molecule has 0 aliphatic carbocycles. The number of ether oxygens (including phenoxy) is 1. The second-order valence-corrected chi connectivity index (χ2v) is 5.81. The highest BCUT2D eigenvalue weighted by atomic mass is 79.9. The van der Waals surface area contributed by atoms with Gasteiger partial charge in [0.15, 0.2) is 0 Å². The summed E-state index contributed by atoms with van der Waals surface area (Å²) in [5.41, 5.74) is 7.61. The predicted molar refractivity (Wildman–Crippen MR) is 85.5 cm³/mol. The maximum atomic E-state index is 6.42. The van der Waals surface area contributed by atoms with Crippen LogP contribution in [0.25, 0.3) is 0 Å². The second kappa shape index (κ2) is 8.60. The summed E-state index contributed by atoms with van der Waals surface area (Å²) in [5, 5.41) is 0. The van der Waals surface area contributed by atoms with Crippen LogP contribution in [0, 0.1) is 5.92 Å². The highest BCUT2D eigenvalue weighted by Gasteiger charge is 2.18. The summed E-state index contributed by atoms with van der Waals surface area (Å²) in [6.45, 7) is 7.12. The minimum Gasteiger partial charge on any atom is -0.493 e. The van der Waals surface area contributed by atoms with E-state index in [9.17, 15) is 0 Å². The van der Waals surface area contributed by atoms with Crippen LogP contribution in [0.2, 0.25) is 0 Å². The molecule has 0 heterocycles. The molecule has 0 saturated heterocycles. The Hall–Kier alpha value is -0.540. The van der Waals surface area contributed by atoms with Gasteiger partial charge in [-0.2, -0.15) is 0 Å². The van der Waals surface area contributed by atoms with Gasteiger partial charge in [-0.25, -0.2) is 0 Å². The lowest BCUT2D eigenvalue weighted by Crippen LogP contribution is -2.21. The van der Waals surface area contributed by atoms with E-state index in [1.54, 1.807) is 0 Å². The van der Waals surface area contributed by atoms with Gasteiger partial charge in [0.2, 0.25) is 0 Å². The Bertz CT molecular complexity index is 381. The molecule has 0 fully saturated rings. The van der Waals surface area contributed by atoms with Gasteiger partial charge in [-0.05, 0) is 52.9 Å². The van der Waals surface area contributed by atoms with E-state index in [1.807, 2.05) is 13.0 Å². The quantitative estimate of drug-likeness (QED) is 0.723. The summed E-state index contributed by atoms with van der Waals surface area (Å²) < 4.78 is 6.53. The Morgan fingerprint density at radius 1 is 1.26 bits per heavy atom. The number of halogens is 1. The van der Waals surface area contributed by atoms with E-state index in [2.05, 4.69) is 41.9 Å². The maximum absolute atomic E-state index is 6.42. The third kappa shape index (κ3) is 4.81. The van der Waals surface area contributed by atoms with Crippen LogP contribution in [-0.2, 0) is 0 Å². The highest BCUT2D eigenvalue weighted by Crippen LogP contribution is 2.32. The van der Waals surface area contributed by atoms with Gasteiger partial charge in [-0.3, -0.25) is 0 Å². The number of hydrogen-bond donors (Lipinski definition) is 1. The van der Waals surface area contributed by atoms with Crippen molar-refractivity contribution in [2.45, 2.75) is 52.5 Å². The summed E-state index contributed by atoms with van der Waals surface area (Å²) >= 11 is 3.56. The highest BCUT2D eigenvalue weighted by molar-refractivity contribution is 9.10. The monoisotopic (exact) mass is 327 g/mol. The molecule has 2 N–H and O–H groups in total. The lowest BCUT2D eigenvalue weighted by molar-refractivity contribution is 0.337.